The van der Waals surface area contributed by atoms with Crippen molar-refractivity contribution in [3.8, 4) is 0 Å². The summed E-state index contributed by atoms with van der Waals surface area (Å²) in [6.07, 6.45) is 1.67. The summed E-state index contributed by atoms with van der Waals surface area (Å²) in [4.78, 5) is 35.4. The molecule has 0 aliphatic heterocycles. The smallest absolute Gasteiger partial charge is 0.344 e. The zero-order valence-electron chi connectivity index (χ0n) is 11.7. The fraction of sp³-hybridized carbons (Fsp3) is 0.500. The highest BCUT2D eigenvalue weighted by Gasteiger charge is 2.33. The molecule has 0 saturated heterocycles. The molecular formula is C14H17NO5. The number of hydrogen-bond donors (Lipinski definition) is 1. The van der Waals surface area contributed by atoms with Crippen molar-refractivity contribution in [1.82, 2.24) is 0 Å². The minimum absolute atomic E-state index is 0.00282. The Balaban J connectivity index is 2.38. The first-order chi connectivity index (χ1) is 9.45. The number of furan rings is 1. The van der Waals surface area contributed by atoms with Crippen molar-refractivity contribution in [3.63, 3.8) is 0 Å². The number of rotatable bonds is 5. The third-order valence-electron chi connectivity index (χ3n) is 3.10. The van der Waals surface area contributed by atoms with Crippen LogP contribution in [0.25, 0.3) is 0 Å². The second-order valence-corrected chi connectivity index (χ2v) is 4.78. The van der Waals surface area contributed by atoms with Gasteiger partial charge in [-0.15, -0.1) is 0 Å². The van der Waals surface area contributed by atoms with Crippen LogP contribution in [0.4, 0.5) is 5.88 Å². The molecule has 0 radical (unpaired) electrons. The van der Waals surface area contributed by atoms with E-state index in [1.165, 1.54) is 6.92 Å². The number of ketones is 1. The van der Waals surface area contributed by atoms with Crippen LogP contribution in [0.15, 0.2) is 4.42 Å². The van der Waals surface area contributed by atoms with Crippen molar-refractivity contribution in [2.45, 2.75) is 33.6 Å². The van der Waals surface area contributed by atoms with Crippen molar-refractivity contribution in [1.29, 1.82) is 0 Å². The van der Waals surface area contributed by atoms with Crippen LogP contribution in [0.1, 0.15) is 53.2 Å². The zero-order valence-corrected chi connectivity index (χ0v) is 11.7. The topological polar surface area (TPSA) is 85.6 Å². The number of hydrogen-bond acceptors (Lipinski definition) is 5. The average molecular weight is 279 g/mol. The number of anilines is 1. The first kappa shape index (κ1) is 14.3. The highest BCUT2D eigenvalue weighted by Crippen LogP contribution is 2.33. The van der Waals surface area contributed by atoms with E-state index >= 15 is 0 Å². The third kappa shape index (κ3) is 2.74. The predicted molar refractivity (Wildman–Crippen MR) is 70.8 cm³/mol. The Morgan fingerprint density at radius 3 is 2.45 bits per heavy atom. The number of Topliss-reactive ketones (excluding diaryl/α,β-unsaturated/α-hetero) is 1. The van der Waals surface area contributed by atoms with E-state index in [1.54, 1.807) is 13.8 Å². The summed E-state index contributed by atoms with van der Waals surface area (Å²) in [5, 5.41) is 2.57. The van der Waals surface area contributed by atoms with E-state index in [0.717, 1.165) is 12.8 Å². The quantitative estimate of drug-likeness (QED) is 0.660. The van der Waals surface area contributed by atoms with Crippen molar-refractivity contribution >= 4 is 23.5 Å². The van der Waals surface area contributed by atoms with Crippen molar-refractivity contribution in [2.24, 2.45) is 5.92 Å². The van der Waals surface area contributed by atoms with Gasteiger partial charge >= 0.3 is 5.97 Å². The molecule has 0 unspecified atom stereocenters. The van der Waals surface area contributed by atoms with Crippen LogP contribution in [0.2, 0.25) is 0 Å². The molecule has 1 N–H and O–H groups in total. The Hall–Kier alpha value is -2.11. The Morgan fingerprint density at radius 2 is 1.95 bits per heavy atom. The third-order valence-corrected chi connectivity index (χ3v) is 3.10. The lowest BCUT2D eigenvalue weighted by Gasteiger charge is -2.05. The molecule has 6 heteroatoms. The fourth-order valence-electron chi connectivity index (χ4n) is 2.01. The molecule has 1 aromatic heterocycles. The number of carbonyl (C=O) groups excluding carboxylic acids is 3. The fourth-order valence-corrected chi connectivity index (χ4v) is 2.01. The van der Waals surface area contributed by atoms with Gasteiger partial charge in [0.15, 0.2) is 5.78 Å². The minimum Gasteiger partial charge on any atom is -0.462 e. The highest BCUT2D eigenvalue weighted by atomic mass is 16.5. The molecule has 108 valence electrons. The maximum atomic E-state index is 12.0. The van der Waals surface area contributed by atoms with Gasteiger partial charge in [-0.05, 0) is 33.6 Å². The summed E-state index contributed by atoms with van der Waals surface area (Å²) in [6, 6.07) is 0. The largest absolute Gasteiger partial charge is 0.462 e. The van der Waals surface area contributed by atoms with Crippen LogP contribution in [0.3, 0.4) is 0 Å². The van der Waals surface area contributed by atoms with E-state index in [1.807, 2.05) is 0 Å². The minimum atomic E-state index is -0.666. The maximum absolute atomic E-state index is 12.0. The van der Waals surface area contributed by atoms with Gasteiger partial charge in [0.25, 0.3) is 0 Å². The van der Waals surface area contributed by atoms with Gasteiger partial charge < -0.3 is 9.15 Å². The summed E-state index contributed by atoms with van der Waals surface area (Å²) >= 11 is 0. The molecule has 1 heterocycles. The normalized spacial score (nSPS) is 13.9. The molecule has 1 aromatic rings. The average Bonchev–Trinajstić information content (AvgIpc) is 3.14. The van der Waals surface area contributed by atoms with E-state index in [2.05, 4.69) is 5.32 Å². The van der Waals surface area contributed by atoms with E-state index in [-0.39, 0.29) is 41.2 Å². The molecule has 0 atom stereocenters. The number of carbonyl (C=O) groups is 3. The number of esters is 1. The molecule has 0 spiro atoms. The van der Waals surface area contributed by atoms with Crippen LogP contribution >= 0.6 is 0 Å². The van der Waals surface area contributed by atoms with Crippen LogP contribution in [-0.4, -0.2) is 24.3 Å². The van der Waals surface area contributed by atoms with Gasteiger partial charge in [0.05, 0.1) is 12.2 Å². The molecule has 1 aliphatic carbocycles. The summed E-state index contributed by atoms with van der Waals surface area (Å²) in [5.41, 5.74) is 0.167. The van der Waals surface area contributed by atoms with Crippen LogP contribution in [-0.2, 0) is 9.53 Å². The Bertz CT molecular complexity index is 568. The molecular weight excluding hydrogens is 262 g/mol. The monoisotopic (exact) mass is 279 g/mol. The molecule has 0 aromatic carbocycles. The van der Waals surface area contributed by atoms with Gasteiger partial charge in [0, 0.05) is 5.92 Å². The van der Waals surface area contributed by atoms with Gasteiger partial charge in [0.2, 0.25) is 11.8 Å². The number of amides is 1. The predicted octanol–water partition coefficient (Wildman–Crippen LogP) is 2.32. The second-order valence-electron chi connectivity index (χ2n) is 4.78. The molecule has 6 nitrogen and oxygen atoms in total. The van der Waals surface area contributed by atoms with E-state index in [4.69, 9.17) is 9.15 Å². The molecule has 20 heavy (non-hydrogen) atoms. The van der Waals surface area contributed by atoms with E-state index < -0.39 is 5.97 Å². The molecule has 1 aliphatic rings. The lowest BCUT2D eigenvalue weighted by Crippen LogP contribution is -2.17. The lowest BCUT2D eigenvalue weighted by molar-refractivity contribution is -0.117. The lowest BCUT2D eigenvalue weighted by atomic mass is 10.1. The van der Waals surface area contributed by atoms with Crippen LogP contribution < -0.4 is 5.32 Å². The molecule has 1 amide bonds. The highest BCUT2D eigenvalue weighted by molar-refractivity contribution is 6.10. The first-order valence-corrected chi connectivity index (χ1v) is 6.58. The molecule has 2 rings (SSSR count). The second kappa shape index (κ2) is 5.48. The van der Waals surface area contributed by atoms with Gasteiger partial charge in [0.1, 0.15) is 11.3 Å². The zero-order chi connectivity index (χ0) is 14.9. The summed E-state index contributed by atoms with van der Waals surface area (Å²) in [6.45, 7) is 4.76. The Kier molecular flexibility index (Phi) is 3.92. The summed E-state index contributed by atoms with van der Waals surface area (Å²) in [7, 11) is 0. The van der Waals surface area contributed by atoms with Gasteiger partial charge in [-0.2, -0.15) is 0 Å². The van der Waals surface area contributed by atoms with E-state index in [0.29, 0.717) is 5.76 Å². The van der Waals surface area contributed by atoms with Gasteiger partial charge in [-0.1, -0.05) is 0 Å². The van der Waals surface area contributed by atoms with Crippen LogP contribution in [0, 0.1) is 12.8 Å². The number of ether oxygens (including phenoxy) is 1. The maximum Gasteiger partial charge on any atom is 0.344 e. The standard InChI is InChI=1S/C14H17NO5/c1-4-19-14(18)11-10(7(2)16)8(3)20-13(11)15-12(17)9-5-6-9/h9H,4-6H2,1-3H3,(H,15,17). The number of aryl methyl sites for hydroxylation is 1. The van der Waals surface area contributed by atoms with Crippen molar-refractivity contribution < 1.29 is 23.5 Å². The SMILES string of the molecule is CCOC(=O)c1c(NC(=O)C2CC2)oc(C)c1C(C)=O. The molecule has 1 saturated carbocycles. The Morgan fingerprint density at radius 1 is 1.30 bits per heavy atom. The molecule has 0 bridgehead atoms. The van der Waals surface area contributed by atoms with Crippen LogP contribution in [0.5, 0.6) is 0 Å². The summed E-state index contributed by atoms with van der Waals surface area (Å²) in [5.74, 6) is -0.896. The van der Waals surface area contributed by atoms with Crippen molar-refractivity contribution in [3.05, 3.63) is 16.9 Å². The van der Waals surface area contributed by atoms with E-state index in [9.17, 15) is 14.4 Å². The molecule has 1 fully saturated rings. The van der Waals surface area contributed by atoms with Gasteiger partial charge in [-0.25, -0.2) is 4.79 Å². The summed E-state index contributed by atoms with van der Waals surface area (Å²) < 4.78 is 10.3. The van der Waals surface area contributed by atoms with Gasteiger partial charge in [-0.3, -0.25) is 14.9 Å². The Labute approximate surface area is 116 Å². The number of nitrogens with one attached hydrogen (secondary N) is 1. The van der Waals surface area contributed by atoms with Crippen molar-refractivity contribution in [2.75, 3.05) is 11.9 Å². The first-order valence-electron chi connectivity index (χ1n) is 6.58.